The number of pyridine rings is 1. The second-order valence-corrected chi connectivity index (χ2v) is 6.56. The zero-order valence-corrected chi connectivity index (χ0v) is 14.9. The van der Waals surface area contributed by atoms with E-state index in [0.29, 0.717) is 10.5 Å². The minimum absolute atomic E-state index is 0.103. The van der Waals surface area contributed by atoms with Gasteiger partial charge >= 0.3 is 0 Å². The van der Waals surface area contributed by atoms with E-state index in [2.05, 4.69) is 10.3 Å². The van der Waals surface area contributed by atoms with Crippen molar-refractivity contribution in [1.29, 1.82) is 0 Å². The molecule has 1 aromatic heterocycles. The van der Waals surface area contributed by atoms with Crippen molar-refractivity contribution in [1.82, 2.24) is 15.2 Å². The van der Waals surface area contributed by atoms with Gasteiger partial charge in [-0.1, -0.05) is 24.3 Å². The maximum Gasteiger partial charge on any atom is 0.263 e. The van der Waals surface area contributed by atoms with Gasteiger partial charge in [-0.15, -0.1) is 0 Å². The predicted octanol–water partition coefficient (Wildman–Crippen LogP) is 2.20. The van der Waals surface area contributed by atoms with Crippen LogP contribution in [0.25, 0.3) is 11.1 Å². The Hall–Kier alpha value is -3.17. The highest BCUT2D eigenvalue weighted by Gasteiger charge is 2.36. The van der Waals surface area contributed by atoms with Crippen LogP contribution >= 0.6 is 0 Å². The van der Waals surface area contributed by atoms with Gasteiger partial charge in [0.15, 0.2) is 0 Å². The van der Waals surface area contributed by atoms with Gasteiger partial charge in [0.1, 0.15) is 24.1 Å². The van der Waals surface area contributed by atoms with Crippen LogP contribution in [0, 0.1) is 5.82 Å². The molecule has 2 amide bonds. The number of carbonyl (C=O) groups excluding carboxylic acids is 2. The van der Waals surface area contributed by atoms with Gasteiger partial charge in [0, 0.05) is 17.5 Å². The maximum atomic E-state index is 14.1. The van der Waals surface area contributed by atoms with Crippen molar-refractivity contribution in [3.8, 4) is 11.1 Å². The van der Waals surface area contributed by atoms with Crippen molar-refractivity contribution in [2.24, 2.45) is 0 Å². The molecule has 1 saturated heterocycles. The van der Waals surface area contributed by atoms with Crippen LogP contribution in [0.1, 0.15) is 24.1 Å². The zero-order chi connectivity index (χ0) is 21.1. The van der Waals surface area contributed by atoms with Crippen LogP contribution in [0.3, 0.4) is 0 Å². The number of likely N-dealkylation sites (tertiary alicyclic amines) is 1. The molecule has 154 valence electrons. The monoisotopic (exact) mass is 410 g/mol. The van der Waals surface area contributed by atoms with E-state index in [9.17, 15) is 32.3 Å². The Kier molecular flexibility index (Phi) is 6.00. The summed E-state index contributed by atoms with van der Waals surface area (Å²) in [5.74, 6) is -1.40. The lowest BCUT2D eigenvalue weighted by atomic mass is 10.0. The molecule has 1 aromatic carbocycles. The first kappa shape index (κ1) is 20.6. The molecule has 1 aliphatic heterocycles. The minimum atomic E-state index is -2.64. The Balaban J connectivity index is 1.71. The van der Waals surface area contributed by atoms with Crippen molar-refractivity contribution in [2.45, 2.75) is 31.6 Å². The first-order valence-corrected chi connectivity index (χ1v) is 8.68. The molecule has 1 N–H and O–H groups in total. The molecule has 6 nitrogen and oxygen atoms in total. The molecule has 1 fully saturated rings. The van der Waals surface area contributed by atoms with E-state index in [4.69, 9.17) is 0 Å². The Morgan fingerprint density at radius 2 is 1.97 bits per heavy atom. The van der Waals surface area contributed by atoms with Gasteiger partial charge in [-0.3, -0.25) is 9.78 Å². The number of nitrogens with zero attached hydrogens (tertiary/aromatic N) is 2. The van der Waals surface area contributed by atoms with Crippen LogP contribution in [-0.4, -0.2) is 40.6 Å². The van der Waals surface area contributed by atoms with Gasteiger partial charge in [-0.25, -0.2) is 17.6 Å². The topological polar surface area (TPSA) is 85.4 Å². The van der Waals surface area contributed by atoms with Crippen molar-refractivity contribution >= 4 is 12.0 Å². The number of halogens is 4. The first-order chi connectivity index (χ1) is 13.8. The largest absolute Gasteiger partial charge is 0.530 e. The maximum absolute atomic E-state index is 14.1. The van der Waals surface area contributed by atoms with Crippen molar-refractivity contribution in [3.63, 3.8) is 0 Å². The summed E-state index contributed by atoms with van der Waals surface area (Å²) in [6, 6.07) is 5.19. The number of carbonyl (C=O) groups is 2. The van der Waals surface area contributed by atoms with Crippen LogP contribution in [-0.2, 0) is 11.3 Å². The molecule has 0 spiro atoms. The molecular formula is C19H16F4N3O3-. The van der Waals surface area contributed by atoms with Gasteiger partial charge < -0.3 is 20.1 Å². The second-order valence-electron chi connectivity index (χ2n) is 6.56. The fourth-order valence-electron chi connectivity index (χ4n) is 3.14. The molecule has 2 aromatic rings. The van der Waals surface area contributed by atoms with Gasteiger partial charge in [0.2, 0.25) is 5.91 Å². The molecule has 10 heteroatoms. The molecule has 0 radical (unpaired) electrons. The van der Waals surface area contributed by atoms with Crippen LogP contribution < -0.4 is 10.4 Å². The first-order valence-electron chi connectivity index (χ1n) is 8.68. The second kappa shape index (κ2) is 8.46. The summed E-state index contributed by atoms with van der Waals surface area (Å²) >= 11 is 0. The van der Waals surface area contributed by atoms with E-state index in [1.54, 1.807) is 0 Å². The van der Waals surface area contributed by atoms with E-state index in [0.717, 1.165) is 6.20 Å². The number of nitrogens with one attached hydrogen (secondary N) is 1. The molecule has 1 aliphatic rings. The van der Waals surface area contributed by atoms with Gasteiger partial charge in [0.05, 0.1) is 25.0 Å². The standard InChI is InChI=1S/C19H17F4N3O3/c20-12-5-16(26(9-12)19(28)29)18(27)25-7-13-6-14(15(21)8-24-13)10-1-3-11(4-2-10)17(22)23/h1-4,6,8,12,16-17H,5,7,9H2,(H,25,27)(H,28,29)/p-1/t12-,16+/m1/s1. The van der Waals surface area contributed by atoms with Crippen LogP contribution in [0.4, 0.5) is 22.4 Å². The molecule has 29 heavy (non-hydrogen) atoms. The highest BCUT2D eigenvalue weighted by Crippen LogP contribution is 2.26. The lowest BCUT2D eigenvalue weighted by molar-refractivity contribution is -0.266. The Morgan fingerprint density at radius 1 is 1.28 bits per heavy atom. The summed E-state index contributed by atoms with van der Waals surface area (Å²) in [5, 5.41) is 13.5. The average Bonchev–Trinajstić information content (AvgIpc) is 3.09. The van der Waals surface area contributed by atoms with Crippen LogP contribution in [0.5, 0.6) is 0 Å². The van der Waals surface area contributed by atoms with E-state index < -0.39 is 43.0 Å². The number of alkyl halides is 3. The average molecular weight is 410 g/mol. The summed E-state index contributed by atoms with van der Waals surface area (Å²) in [5.41, 5.74) is 0.505. The highest BCUT2D eigenvalue weighted by atomic mass is 19.3. The molecule has 0 unspecified atom stereocenters. The Morgan fingerprint density at radius 3 is 2.59 bits per heavy atom. The molecule has 0 aliphatic carbocycles. The fraction of sp³-hybridized carbons (Fsp3) is 0.316. The van der Waals surface area contributed by atoms with E-state index >= 15 is 0 Å². The van der Waals surface area contributed by atoms with Crippen molar-refractivity contribution in [2.75, 3.05) is 6.54 Å². The van der Waals surface area contributed by atoms with Gasteiger partial charge in [0.25, 0.3) is 6.43 Å². The van der Waals surface area contributed by atoms with Crippen molar-refractivity contribution < 1.29 is 32.3 Å². The highest BCUT2D eigenvalue weighted by molar-refractivity contribution is 5.85. The van der Waals surface area contributed by atoms with Crippen molar-refractivity contribution in [3.05, 3.63) is 53.6 Å². The lowest BCUT2D eigenvalue weighted by Gasteiger charge is -2.25. The number of rotatable bonds is 5. The molecular weight excluding hydrogens is 394 g/mol. The lowest BCUT2D eigenvalue weighted by Crippen LogP contribution is -2.50. The molecule has 0 bridgehead atoms. The molecule has 2 atom stereocenters. The fourth-order valence-corrected chi connectivity index (χ4v) is 3.14. The number of hydrogen-bond donors (Lipinski definition) is 1. The smallest absolute Gasteiger partial charge is 0.263 e. The van der Waals surface area contributed by atoms with Gasteiger partial charge in [-0.2, -0.15) is 0 Å². The normalized spacial score (nSPS) is 18.9. The quantitative estimate of drug-likeness (QED) is 0.766. The summed E-state index contributed by atoms with van der Waals surface area (Å²) in [4.78, 5) is 27.7. The number of aromatic nitrogens is 1. The third-order valence-electron chi connectivity index (χ3n) is 4.62. The third-order valence-corrected chi connectivity index (χ3v) is 4.62. The number of hydrogen-bond acceptors (Lipinski definition) is 4. The van der Waals surface area contributed by atoms with Crippen LogP contribution in [0.15, 0.2) is 36.5 Å². The zero-order valence-electron chi connectivity index (χ0n) is 14.9. The summed E-state index contributed by atoms with van der Waals surface area (Å²) in [7, 11) is 0. The summed E-state index contributed by atoms with van der Waals surface area (Å²) in [6.07, 6.45) is -5.09. The Labute approximate surface area is 163 Å². The molecule has 0 saturated carbocycles. The van der Waals surface area contributed by atoms with Crippen LogP contribution in [0.2, 0.25) is 0 Å². The third kappa shape index (κ3) is 4.64. The Bertz CT molecular complexity index is 908. The van der Waals surface area contributed by atoms with Gasteiger partial charge in [-0.05, 0) is 11.6 Å². The molecule has 3 rings (SSSR count). The van der Waals surface area contributed by atoms with E-state index in [-0.39, 0.29) is 29.8 Å². The summed E-state index contributed by atoms with van der Waals surface area (Å²) < 4.78 is 52.9. The molecule has 2 heterocycles. The summed E-state index contributed by atoms with van der Waals surface area (Å²) in [6.45, 7) is -0.594. The van der Waals surface area contributed by atoms with E-state index in [1.165, 1.54) is 30.3 Å². The SMILES string of the molecule is O=C(NCc1cc(-c2ccc(C(F)F)cc2)c(F)cn1)[C@@H]1C[C@@H](F)CN1C(=O)[O-]. The van der Waals surface area contributed by atoms with E-state index in [1.807, 2.05) is 0 Å². The number of amides is 2. The predicted molar refractivity (Wildman–Crippen MR) is 91.8 cm³/mol. The number of carboxylic acid groups (broad SMARTS) is 1. The minimum Gasteiger partial charge on any atom is -0.530 e. The number of benzene rings is 1.